The first kappa shape index (κ1) is 18.9. The quantitative estimate of drug-likeness (QED) is 0.728. The molecule has 0 saturated carbocycles. The second-order valence-corrected chi connectivity index (χ2v) is 7.88. The highest BCUT2D eigenvalue weighted by Crippen LogP contribution is 2.27. The van der Waals surface area contributed by atoms with Crippen molar-refractivity contribution in [1.29, 1.82) is 0 Å². The number of pyridine rings is 1. The zero-order chi connectivity index (χ0) is 20.5. The molecule has 30 heavy (non-hydrogen) atoms. The Bertz CT molecular complexity index is 1120. The number of hydrogen-bond donors (Lipinski definition) is 1. The van der Waals surface area contributed by atoms with Gasteiger partial charge in [0, 0.05) is 68.3 Å². The Morgan fingerprint density at radius 2 is 1.93 bits per heavy atom. The van der Waals surface area contributed by atoms with Crippen LogP contribution < -0.4 is 15.1 Å². The third-order valence-corrected chi connectivity index (χ3v) is 6.02. The number of anilines is 2. The van der Waals surface area contributed by atoms with E-state index in [4.69, 9.17) is 4.99 Å². The Balaban J connectivity index is 1.40. The molecule has 0 atom stereocenters. The fourth-order valence-corrected chi connectivity index (χ4v) is 4.38. The van der Waals surface area contributed by atoms with Crippen LogP contribution in [0.1, 0.15) is 18.1 Å². The van der Waals surface area contributed by atoms with Crippen LogP contribution >= 0.6 is 0 Å². The van der Waals surface area contributed by atoms with Crippen molar-refractivity contribution in [3.63, 3.8) is 0 Å². The molecule has 4 heterocycles. The molecule has 0 amide bonds. The predicted octanol–water partition coefficient (Wildman–Crippen LogP) is 3.55. The fraction of sp³-hybridized carbons (Fsp3) is 0.333. The molecule has 5 rings (SSSR count). The summed E-state index contributed by atoms with van der Waals surface area (Å²) < 4.78 is 2.27. The fourth-order valence-electron chi connectivity index (χ4n) is 4.38. The molecule has 6 nitrogen and oxygen atoms in total. The summed E-state index contributed by atoms with van der Waals surface area (Å²) in [4.78, 5) is 14.2. The van der Waals surface area contributed by atoms with Gasteiger partial charge in [0.2, 0.25) is 0 Å². The molecule has 0 aliphatic carbocycles. The maximum Gasteiger partial charge on any atom is 0.115 e. The van der Waals surface area contributed by atoms with E-state index in [1.165, 1.54) is 22.5 Å². The van der Waals surface area contributed by atoms with E-state index in [2.05, 4.69) is 87.3 Å². The minimum absolute atomic E-state index is 0.613. The highest BCUT2D eigenvalue weighted by Gasteiger charge is 2.18. The van der Waals surface area contributed by atoms with Gasteiger partial charge in [-0.05, 0) is 49.8 Å². The molecule has 154 valence electrons. The summed E-state index contributed by atoms with van der Waals surface area (Å²) in [5, 5.41) is 3.42. The number of fused-ring (bicyclic) bond motifs is 1. The van der Waals surface area contributed by atoms with Crippen LogP contribution in [0.4, 0.5) is 11.4 Å². The standard InChI is InChI=1S/C24H28N6/c1-3-28-16-21(23-24(28)18(2)7-9-26-23)22-8-12-30(17-27-22)20-6-4-5-19(15-20)29-13-10-25-11-14-29/h4-9,12,15-16,25H,3,10-11,13-14,17H2,1-2H3. The highest BCUT2D eigenvalue weighted by atomic mass is 15.2. The van der Waals surface area contributed by atoms with Crippen molar-refractivity contribution in [3.8, 4) is 0 Å². The second-order valence-electron chi connectivity index (χ2n) is 7.88. The summed E-state index contributed by atoms with van der Waals surface area (Å²) in [6.45, 7) is 10.0. The molecular formula is C24H28N6. The number of aromatic nitrogens is 2. The molecule has 2 aliphatic heterocycles. The van der Waals surface area contributed by atoms with Gasteiger partial charge in [-0.1, -0.05) is 6.07 Å². The molecule has 1 fully saturated rings. The number of allylic oxidation sites excluding steroid dienone is 1. The summed E-state index contributed by atoms with van der Waals surface area (Å²) in [5.41, 5.74) is 8.06. The second kappa shape index (κ2) is 7.95. The van der Waals surface area contributed by atoms with E-state index in [9.17, 15) is 0 Å². The summed E-state index contributed by atoms with van der Waals surface area (Å²) in [5.74, 6) is 0. The molecule has 1 aromatic carbocycles. The van der Waals surface area contributed by atoms with Crippen LogP contribution in [0.3, 0.4) is 0 Å². The van der Waals surface area contributed by atoms with Gasteiger partial charge in [0.25, 0.3) is 0 Å². The van der Waals surface area contributed by atoms with Gasteiger partial charge in [-0.3, -0.25) is 9.98 Å². The van der Waals surface area contributed by atoms with Gasteiger partial charge in [-0.15, -0.1) is 0 Å². The van der Waals surface area contributed by atoms with Gasteiger partial charge < -0.3 is 19.7 Å². The smallest absolute Gasteiger partial charge is 0.115 e. The van der Waals surface area contributed by atoms with E-state index < -0.39 is 0 Å². The predicted molar refractivity (Wildman–Crippen MR) is 125 cm³/mol. The van der Waals surface area contributed by atoms with Crippen molar-refractivity contribution in [2.24, 2.45) is 4.99 Å². The SMILES string of the molecule is CCn1cc(C2=NCN(c3cccc(N4CCNCC4)c3)C=C2)c2nccc(C)c21. The number of aliphatic imine (C=N–C) groups is 1. The lowest BCUT2D eigenvalue weighted by Crippen LogP contribution is -2.43. The van der Waals surface area contributed by atoms with Crippen LogP contribution in [-0.2, 0) is 6.54 Å². The molecule has 0 radical (unpaired) electrons. The molecule has 2 aliphatic rings. The van der Waals surface area contributed by atoms with Crippen LogP contribution in [0.5, 0.6) is 0 Å². The summed E-state index contributed by atoms with van der Waals surface area (Å²) >= 11 is 0. The monoisotopic (exact) mass is 400 g/mol. The van der Waals surface area contributed by atoms with Crippen LogP contribution in [0.2, 0.25) is 0 Å². The van der Waals surface area contributed by atoms with Crippen molar-refractivity contribution < 1.29 is 0 Å². The summed E-state index contributed by atoms with van der Waals surface area (Å²) in [6.07, 6.45) is 8.33. The first-order chi connectivity index (χ1) is 14.7. The van der Waals surface area contributed by atoms with Crippen LogP contribution in [0.25, 0.3) is 11.0 Å². The average molecular weight is 401 g/mol. The average Bonchev–Trinajstić information content (AvgIpc) is 3.20. The maximum atomic E-state index is 4.91. The zero-order valence-corrected chi connectivity index (χ0v) is 17.7. The topological polar surface area (TPSA) is 48.7 Å². The van der Waals surface area contributed by atoms with Crippen molar-refractivity contribution in [2.75, 3.05) is 42.6 Å². The van der Waals surface area contributed by atoms with Gasteiger partial charge in [-0.2, -0.15) is 0 Å². The van der Waals surface area contributed by atoms with Crippen molar-refractivity contribution >= 4 is 28.1 Å². The van der Waals surface area contributed by atoms with Crippen molar-refractivity contribution in [3.05, 3.63) is 66.1 Å². The molecule has 6 heteroatoms. The van der Waals surface area contributed by atoms with E-state index in [0.717, 1.165) is 49.5 Å². The largest absolute Gasteiger partial charge is 0.369 e. The first-order valence-electron chi connectivity index (χ1n) is 10.7. The van der Waals surface area contributed by atoms with E-state index in [1.807, 2.05) is 6.20 Å². The Morgan fingerprint density at radius 1 is 1.10 bits per heavy atom. The number of benzene rings is 1. The highest BCUT2D eigenvalue weighted by molar-refractivity contribution is 6.16. The molecule has 0 spiro atoms. The zero-order valence-electron chi connectivity index (χ0n) is 17.7. The number of hydrogen-bond acceptors (Lipinski definition) is 5. The molecule has 2 aromatic heterocycles. The van der Waals surface area contributed by atoms with E-state index in [1.54, 1.807) is 0 Å². The van der Waals surface area contributed by atoms with E-state index in [0.29, 0.717) is 6.67 Å². The Hall–Kier alpha value is -3.12. The Kier molecular flexibility index (Phi) is 5.01. The van der Waals surface area contributed by atoms with Crippen LogP contribution in [-0.4, -0.2) is 48.1 Å². The minimum Gasteiger partial charge on any atom is -0.369 e. The van der Waals surface area contributed by atoms with Crippen LogP contribution in [0, 0.1) is 6.92 Å². The van der Waals surface area contributed by atoms with Gasteiger partial charge in [0.15, 0.2) is 0 Å². The molecule has 1 N–H and O–H groups in total. The lowest BCUT2D eigenvalue weighted by Gasteiger charge is -2.30. The molecule has 0 unspecified atom stereocenters. The number of nitrogens with one attached hydrogen (secondary N) is 1. The lowest BCUT2D eigenvalue weighted by molar-refractivity contribution is 0.589. The minimum atomic E-state index is 0.613. The van der Waals surface area contributed by atoms with Crippen LogP contribution in [0.15, 0.2) is 60.0 Å². The Morgan fingerprint density at radius 3 is 2.70 bits per heavy atom. The van der Waals surface area contributed by atoms with E-state index in [-0.39, 0.29) is 0 Å². The number of aryl methyl sites for hydroxylation is 2. The Labute approximate surface area is 177 Å². The molecule has 0 bridgehead atoms. The molecule has 1 saturated heterocycles. The number of piperazine rings is 1. The van der Waals surface area contributed by atoms with Crippen molar-refractivity contribution in [1.82, 2.24) is 14.9 Å². The summed E-state index contributed by atoms with van der Waals surface area (Å²) in [7, 11) is 0. The van der Waals surface area contributed by atoms with Gasteiger partial charge in [0.05, 0.1) is 16.7 Å². The third-order valence-electron chi connectivity index (χ3n) is 6.02. The van der Waals surface area contributed by atoms with Gasteiger partial charge in [-0.25, -0.2) is 0 Å². The van der Waals surface area contributed by atoms with Gasteiger partial charge in [0.1, 0.15) is 6.67 Å². The first-order valence-corrected chi connectivity index (χ1v) is 10.7. The maximum absolute atomic E-state index is 4.91. The van der Waals surface area contributed by atoms with E-state index >= 15 is 0 Å². The van der Waals surface area contributed by atoms with Gasteiger partial charge >= 0.3 is 0 Å². The normalized spacial score (nSPS) is 16.9. The lowest BCUT2D eigenvalue weighted by atomic mass is 10.1. The number of nitrogens with zero attached hydrogens (tertiary/aromatic N) is 5. The molecular weight excluding hydrogens is 372 g/mol. The summed E-state index contributed by atoms with van der Waals surface area (Å²) in [6, 6.07) is 10.8. The third kappa shape index (κ3) is 3.37. The number of rotatable bonds is 4. The van der Waals surface area contributed by atoms with Crippen molar-refractivity contribution in [2.45, 2.75) is 20.4 Å². The molecule has 3 aromatic rings.